The summed E-state index contributed by atoms with van der Waals surface area (Å²) in [4.78, 5) is 0. The van der Waals surface area contributed by atoms with Crippen LogP contribution >= 0.6 is 11.3 Å². The van der Waals surface area contributed by atoms with E-state index >= 15 is 0 Å². The number of benzene rings is 1. The normalized spacial score (nSPS) is 10.2. The molecule has 13 heavy (non-hydrogen) atoms. The summed E-state index contributed by atoms with van der Waals surface area (Å²) >= 11 is 1.71. The lowest BCUT2D eigenvalue weighted by atomic mass is 10.1. The van der Waals surface area contributed by atoms with Gasteiger partial charge < -0.3 is 0 Å². The summed E-state index contributed by atoms with van der Waals surface area (Å²) in [5.74, 6) is 0. The molecule has 0 fully saturated rings. The van der Waals surface area contributed by atoms with Crippen LogP contribution in [0.15, 0.2) is 41.4 Å². The van der Waals surface area contributed by atoms with E-state index in [1.807, 2.05) is 12.1 Å². The lowest BCUT2D eigenvalue weighted by molar-refractivity contribution is -0.683. The van der Waals surface area contributed by atoms with Crippen LogP contribution in [0.1, 0.15) is 11.1 Å². The minimum atomic E-state index is 0.937. The number of aromatic nitrogens is 1. The zero-order valence-electron chi connectivity index (χ0n) is 7.31. The number of rotatable bonds is 2. The van der Waals surface area contributed by atoms with Gasteiger partial charge in [0.2, 0.25) is 5.51 Å². The van der Waals surface area contributed by atoms with Crippen molar-refractivity contribution < 1.29 is 4.57 Å². The van der Waals surface area contributed by atoms with Crippen molar-refractivity contribution in [2.75, 3.05) is 0 Å². The largest absolute Gasteiger partial charge is 0.224 e. The molecule has 0 spiro atoms. The fraction of sp³-hybridized carbons (Fsp3) is 0.0909. The lowest BCUT2D eigenvalue weighted by Crippen LogP contribution is -2.30. The van der Waals surface area contributed by atoms with Crippen molar-refractivity contribution in [2.45, 2.75) is 6.54 Å². The van der Waals surface area contributed by atoms with Gasteiger partial charge in [-0.15, -0.1) is 0 Å². The molecule has 0 unspecified atom stereocenters. The summed E-state index contributed by atoms with van der Waals surface area (Å²) in [5, 5.41) is 2.08. The predicted octanol–water partition coefficient (Wildman–Crippen LogP) is 2.27. The second kappa shape index (κ2) is 3.71. The van der Waals surface area contributed by atoms with Gasteiger partial charge in [-0.1, -0.05) is 29.5 Å². The topological polar surface area (TPSA) is 3.88 Å². The van der Waals surface area contributed by atoms with Gasteiger partial charge in [0.1, 0.15) is 0 Å². The van der Waals surface area contributed by atoms with Crippen LogP contribution in [0.2, 0.25) is 0 Å². The first-order chi connectivity index (χ1) is 6.34. The molecule has 1 nitrogen and oxygen atoms in total. The van der Waals surface area contributed by atoms with E-state index in [2.05, 4.69) is 40.7 Å². The molecule has 0 bridgehead atoms. The van der Waals surface area contributed by atoms with Gasteiger partial charge in [0, 0.05) is 5.56 Å². The van der Waals surface area contributed by atoms with Gasteiger partial charge in [0.05, 0.1) is 5.38 Å². The zero-order valence-corrected chi connectivity index (χ0v) is 8.13. The van der Waals surface area contributed by atoms with Crippen molar-refractivity contribution in [1.29, 1.82) is 0 Å². The summed E-state index contributed by atoms with van der Waals surface area (Å²) < 4.78 is 2.17. The van der Waals surface area contributed by atoms with E-state index in [1.54, 1.807) is 11.3 Å². The lowest BCUT2D eigenvalue weighted by Gasteiger charge is -1.96. The number of nitrogens with zero attached hydrogens (tertiary/aromatic N) is 1. The summed E-state index contributed by atoms with van der Waals surface area (Å²) in [6.07, 6.45) is 2.08. The Morgan fingerprint density at radius 1 is 1.38 bits per heavy atom. The molecular formula is C11H11NS+. The van der Waals surface area contributed by atoms with Gasteiger partial charge in [0.25, 0.3) is 0 Å². The Labute approximate surface area is 82.3 Å². The van der Waals surface area contributed by atoms with Crippen LogP contribution in [0.5, 0.6) is 0 Å². The van der Waals surface area contributed by atoms with Gasteiger partial charge in [-0.05, 0) is 18.6 Å². The molecule has 0 N–H and O–H groups in total. The summed E-state index contributed by atoms with van der Waals surface area (Å²) in [6.45, 7) is 4.84. The van der Waals surface area contributed by atoms with Gasteiger partial charge in [-0.2, -0.15) is 4.57 Å². The zero-order chi connectivity index (χ0) is 9.10. The van der Waals surface area contributed by atoms with E-state index in [4.69, 9.17) is 0 Å². The number of hydrogen-bond donors (Lipinski definition) is 0. The van der Waals surface area contributed by atoms with Crippen LogP contribution in [-0.4, -0.2) is 0 Å². The van der Waals surface area contributed by atoms with Crippen LogP contribution in [0.4, 0.5) is 0 Å². The van der Waals surface area contributed by atoms with E-state index in [0.29, 0.717) is 0 Å². The molecule has 2 rings (SSSR count). The fourth-order valence-corrected chi connectivity index (χ4v) is 1.89. The Hall–Kier alpha value is -1.15. The quantitative estimate of drug-likeness (QED) is 0.638. The molecular weight excluding hydrogens is 178 g/mol. The second-order valence-electron chi connectivity index (χ2n) is 3.02. The monoisotopic (exact) mass is 189 g/mol. The molecule has 1 aromatic heterocycles. The third-order valence-corrected chi connectivity index (χ3v) is 2.56. The Morgan fingerprint density at radius 2 is 2.31 bits per heavy atom. The van der Waals surface area contributed by atoms with Crippen molar-refractivity contribution in [3.63, 3.8) is 0 Å². The van der Waals surface area contributed by atoms with Crippen molar-refractivity contribution >= 4 is 11.3 Å². The number of thiazole rings is 1. The maximum atomic E-state index is 3.90. The van der Waals surface area contributed by atoms with Crippen LogP contribution in [0, 0.1) is 6.92 Å². The smallest absolute Gasteiger partial charge is 0.191 e. The third-order valence-electron chi connectivity index (χ3n) is 1.88. The molecule has 1 aromatic carbocycles. The molecule has 2 aromatic rings. The van der Waals surface area contributed by atoms with Crippen molar-refractivity contribution in [2.24, 2.45) is 0 Å². The summed E-state index contributed by atoms with van der Waals surface area (Å²) in [6, 6.07) is 8.30. The van der Waals surface area contributed by atoms with Crippen LogP contribution in [0.25, 0.3) is 0 Å². The van der Waals surface area contributed by atoms with Gasteiger partial charge in [-0.25, -0.2) is 0 Å². The highest BCUT2D eigenvalue weighted by molar-refractivity contribution is 7.07. The highest BCUT2D eigenvalue weighted by Gasteiger charge is 2.01. The minimum absolute atomic E-state index is 0.937. The van der Waals surface area contributed by atoms with E-state index in [1.165, 1.54) is 5.56 Å². The molecule has 0 atom stereocenters. The molecule has 0 aliphatic carbocycles. The first kappa shape index (κ1) is 8.45. The molecule has 0 amide bonds. The van der Waals surface area contributed by atoms with Crippen LogP contribution in [0.3, 0.4) is 0 Å². The first-order valence-corrected chi connectivity index (χ1v) is 5.11. The molecule has 0 aliphatic heterocycles. The van der Waals surface area contributed by atoms with Gasteiger partial charge in [0.15, 0.2) is 12.7 Å². The molecule has 0 aliphatic rings. The molecule has 1 radical (unpaired) electrons. The highest BCUT2D eigenvalue weighted by Crippen LogP contribution is 2.03. The van der Waals surface area contributed by atoms with E-state index < -0.39 is 0 Å². The highest BCUT2D eigenvalue weighted by atomic mass is 32.1. The average Bonchev–Trinajstić information content (AvgIpc) is 2.57. The maximum absolute atomic E-state index is 3.90. The molecule has 65 valence electrons. The molecule has 0 saturated heterocycles. The Balaban J connectivity index is 2.19. The van der Waals surface area contributed by atoms with Crippen molar-refractivity contribution in [3.8, 4) is 0 Å². The number of hydrogen-bond acceptors (Lipinski definition) is 1. The predicted molar refractivity (Wildman–Crippen MR) is 54.5 cm³/mol. The molecule has 0 saturated carbocycles. The molecule has 1 heterocycles. The fourth-order valence-electron chi connectivity index (χ4n) is 1.29. The van der Waals surface area contributed by atoms with Crippen molar-refractivity contribution in [3.05, 3.63) is 59.4 Å². The minimum Gasteiger partial charge on any atom is -0.191 e. The Morgan fingerprint density at radius 3 is 3.00 bits per heavy atom. The summed E-state index contributed by atoms with van der Waals surface area (Å²) in [5.41, 5.74) is 4.49. The summed E-state index contributed by atoms with van der Waals surface area (Å²) in [7, 11) is 0. The first-order valence-electron chi connectivity index (χ1n) is 4.17. The van der Waals surface area contributed by atoms with Gasteiger partial charge in [-0.3, -0.25) is 0 Å². The van der Waals surface area contributed by atoms with Crippen LogP contribution < -0.4 is 4.57 Å². The van der Waals surface area contributed by atoms with E-state index in [-0.39, 0.29) is 0 Å². The second-order valence-corrected chi connectivity index (χ2v) is 3.77. The van der Waals surface area contributed by atoms with Crippen LogP contribution in [-0.2, 0) is 6.54 Å². The molecule has 2 heteroatoms. The SMILES string of the molecule is [CH2]c1cccc(C[n+]2ccsc2)c1. The average molecular weight is 189 g/mol. The Kier molecular flexibility index (Phi) is 2.41. The van der Waals surface area contributed by atoms with E-state index in [9.17, 15) is 0 Å². The standard InChI is InChI=1S/C11H11NS/c1-10-3-2-4-11(7-10)8-12-5-6-13-9-12/h2-7,9H,1,8H2/q+1. The van der Waals surface area contributed by atoms with Crippen molar-refractivity contribution in [1.82, 2.24) is 0 Å². The van der Waals surface area contributed by atoms with Gasteiger partial charge >= 0.3 is 0 Å². The Bertz CT molecular complexity index is 379. The van der Waals surface area contributed by atoms with E-state index in [0.717, 1.165) is 12.1 Å². The maximum Gasteiger partial charge on any atom is 0.224 e. The third kappa shape index (κ3) is 2.16.